The summed E-state index contributed by atoms with van der Waals surface area (Å²) < 4.78 is 8.79. The molecule has 1 amide bonds. The Morgan fingerprint density at radius 2 is 2.09 bits per heavy atom. The number of hydrogen-bond donors (Lipinski definition) is 1. The van der Waals surface area contributed by atoms with Crippen molar-refractivity contribution in [1.29, 1.82) is 0 Å². The molecule has 0 aromatic carbocycles. The normalized spacial score (nSPS) is 11.2. The SMILES string of the molecule is Cc1cc(CSc2ncccc2C(=O)Nc2ccn(Cc3cn4ccccc4n3)n2)no1. The van der Waals surface area contributed by atoms with Gasteiger partial charge in [-0.1, -0.05) is 23.0 Å². The lowest BCUT2D eigenvalue weighted by atomic mass is 10.2. The highest BCUT2D eigenvalue weighted by atomic mass is 32.2. The van der Waals surface area contributed by atoms with E-state index < -0.39 is 0 Å². The highest BCUT2D eigenvalue weighted by Gasteiger charge is 2.15. The van der Waals surface area contributed by atoms with Crippen LogP contribution in [0.3, 0.4) is 0 Å². The molecule has 0 radical (unpaired) electrons. The molecule has 0 unspecified atom stereocenters. The highest BCUT2D eigenvalue weighted by Crippen LogP contribution is 2.24. The maximum Gasteiger partial charge on any atom is 0.259 e. The lowest BCUT2D eigenvalue weighted by Gasteiger charge is -2.07. The molecule has 5 rings (SSSR count). The van der Waals surface area contributed by atoms with E-state index in [9.17, 15) is 4.79 Å². The predicted molar refractivity (Wildman–Crippen MR) is 120 cm³/mol. The van der Waals surface area contributed by atoms with Crippen LogP contribution in [0.5, 0.6) is 0 Å². The predicted octanol–water partition coefficient (Wildman–Crippen LogP) is 3.82. The molecule has 9 nitrogen and oxygen atoms in total. The zero-order valence-electron chi connectivity index (χ0n) is 17.2. The van der Waals surface area contributed by atoms with Gasteiger partial charge in [0, 0.05) is 42.7 Å². The minimum atomic E-state index is -0.269. The summed E-state index contributed by atoms with van der Waals surface area (Å²) >= 11 is 1.43. The van der Waals surface area contributed by atoms with Gasteiger partial charge in [0.1, 0.15) is 16.4 Å². The van der Waals surface area contributed by atoms with Crippen LogP contribution in [0.1, 0.15) is 27.5 Å². The van der Waals surface area contributed by atoms with E-state index in [1.165, 1.54) is 11.8 Å². The van der Waals surface area contributed by atoms with Gasteiger partial charge in [0.25, 0.3) is 5.91 Å². The number of pyridine rings is 2. The van der Waals surface area contributed by atoms with Crippen molar-refractivity contribution in [3.05, 3.63) is 90.0 Å². The minimum Gasteiger partial charge on any atom is -0.361 e. The van der Waals surface area contributed by atoms with Crippen LogP contribution in [-0.4, -0.2) is 35.2 Å². The Bertz CT molecular complexity index is 1350. The quantitative estimate of drug-likeness (QED) is 0.380. The number of aryl methyl sites for hydroxylation is 1. The van der Waals surface area contributed by atoms with E-state index in [1.54, 1.807) is 29.1 Å². The third-order valence-electron chi connectivity index (χ3n) is 4.67. The second-order valence-corrected chi connectivity index (χ2v) is 8.09. The summed E-state index contributed by atoms with van der Waals surface area (Å²) in [5, 5.41) is 11.9. The van der Waals surface area contributed by atoms with Gasteiger partial charge in [0.15, 0.2) is 5.82 Å². The van der Waals surface area contributed by atoms with Crippen LogP contribution >= 0.6 is 11.8 Å². The molecule has 1 N–H and O–H groups in total. The molecule has 0 bridgehead atoms. The van der Waals surface area contributed by atoms with Crippen molar-refractivity contribution >= 4 is 29.1 Å². The number of carbonyl (C=O) groups excluding carboxylic acids is 1. The Kier molecular flexibility index (Phi) is 5.42. The number of anilines is 1. The van der Waals surface area contributed by atoms with Crippen LogP contribution in [0.15, 0.2) is 76.8 Å². The van der Waals surface area contributed by atoms with E-state index in [4.69, 9.17) is 4.52 Å². The average Bonchev–Trinajstić information content (AvgIpc) is 3.52. The number of imidazole rings is 1. The molecule has 5 aromatic heterocycles. The first-order chi connectivity index (χ1) is 15.6. The first-order valence-corrected chi connectivity index (χ1v) is 10.9. The van der Waals surface area contributed by atoms with Crippen LogP contribution in [0.4, 0.5) is 5.82 Å². The topological polar surface area (TPSA) is 103 Å². The van der Waals surface area contributed by atoms with Crippen molar-refractivity contribution in [2.75, 3.05) is 5.32 Å². The molecular weight excluding hydrogens is 426 g/mol. The van der Waals surface area contributed by atoms with E-state index in [0.29, 0.717) is 28.7 Å². The van der Waals surface area contributed by atoms with Crippen LogP contribution in [0.2, 0.25) is 0 Å². The smallest absolute Gasteiger partial charge is 0.259 e. The van der Waals surface area contributed by atoms with Crippen molar-refractivity contribution in [3.63, 3.8) is 0 Å². The fourth-order valence-corrected chi connectivity index (χ4v) is 4.11. The molecule has 32 heavy (non-hydrogen) atoms. The van der Waals surface area contributed by atoms with Gasteiger partial charge in [0.2, 0.25) is 0 Å². The number of thioether (sulfide) groups is 1. The molecule has 160 valence electrons. The molecule has 0 saturated heterocycles. The number of nitrogens with zero attached hydrogens (tertiary/aromatic N) is 6. The third-order valence-corrected chi connectivity index (χ3v) is 5.71. The number of hydrogen-bond acceptors (Lipinski definition) is 7. The van der Waals surface area contributed by atoms with E-state index in [-0.39, 0.29) is 5.91 Å². The van der Waals surface area contributed by atoms with Crippen molar-refractivity contribution in [3.8, 4) is 0 Å². The maximum absolute atomic E-state index is 12.9. The number of fused-ring (bicyclic) bond motifs is 1. The highest BCUT2D eigenvalue weighted by molar-refractivity contribution is 7.98. The molecule has 5 heterocycles. The maximum atomic E-state index is 12.9. The lowest BCUT2D eigenvalue weighted by molar-refractivity contribution is 0.102. The van der Waals surface area contributed by atoms with Gasteiger partial charge in [-0.3, -0.25) is 9.48 Å². The van der Waals surface area contributed by atoms with Gasteiger partial charge in [-0.15, -0.1) is 0 Å². The van der Waals surface area contributed by atoms with Gasteiger partial charge in [-0.2, -0.15) is 5.10 Å². The van der Waals surface area contributed by atoms with Gasteiger partial charge in [-0.05, 0) is 31.2 Å². The van der Waals surface area contributed by atoms with Gasteiger partial charge in [-0.25, -0.2) is 9.97 Å². The molecule has 0 aliphatic rings. The van der Waals surface area contributed by atoms with Gasteiger partial charge in [0.05, 0.1) is 23.5 Å². The Labute approximate surface area is 187 Å². The summed E-state index contributed by atoms with van der Waals surface area (Å²) in [4.78, 5) is 21.8. The van der Waals surface area contributed by atoms with E-state index in [1.807, 2.05) is 54.2 Å². The van der Waals surface area contributed by atoms with E-state index in [0.717, 1.165) is 22.8 Å². The molecule has 0 atom stereocenters. The molecule has 0 fully saturated rings. The van der Waals surface area contributed by atoms with E-state index in [2.05, 4.69) is 25.5 Å². The first-order valence-electron chi connectivity index (χ1n) is 9.91. The summed E-state index contributed by atoms with van der Waals surface area (Å²) in [6.45, 7) is 2.34. The number of rotatable bonds is 7. The zero-order chi connectivity index (χ0) is 21.9. The van der Waals surface area contributed by atoms with E-state index >= 15 is 0 Å². The Morgan fingerprint density at radius 1 is 1.16 bits per heavy atom. The third kappa shape index (κ3) is 4.40. The first kappa shape index (κ1) is 20.0. The molecule has 0 spiro atoms. The fourth-order valence-electron chi connectivity index (χ4n) is 3.24. The number of carbonyl (C=O) groups is 1. The largest absolute Gasteiger partial charge is 0.361 e. The molecule has 5 aromatic rings. The second kappa shape index (κ2) is 8.67. The van der Waals surface area contributed by atoms with Crippen LogP contribution < -0.4 is 5.32 Å². The molecule has 0 aliphatic carbocycles. The van der Waals surface area contributed by atoms with Crippen LogP contribution in [-0.2, 0) is 12.3 Å². The van der Waals surface area contributed by atoms with Crippen molar-refractivity contribution < 1.29 is 9.32 Å². The minimum absolute atomic E-state index is 0.269. The molecule has 10 heteroatoms. The Balaban J connectivity index is 1.26. The summed E-state index contributed by atoms with van der Waals surface area (Å²) in [7, 11) is 0. The summed E-state index contributed by atoms with van der Waals surface area (Å²) in [6, 6.07) is 13.0. The van der Waals surface area contributed by atoms with Crippen molar-refractivity contribution in [2.45, 2.75) is 24.2 Å². The van der Waals surface area contributed by atoms with Crippen molar-refractivity contribution in [2.24, 2.45) is 0 Å². The summed E-state index contributed by atoms with van der Waals surface area (Å²) in [6.07, 6.45) is 7.39. The average molecular weight is 446 g/mol. The Hall–Kier alpha value is -3.92. The fraction of sp³-hybridized carbons (Fsp3) is 0.136. The van der Waals surface area contributed by atoms with Gasteiger partial charge < -0.3 is 14.2 Å². The molecule has 0 aliphatic heterocycles. The zero-order valence-corrected chi connectivity index (χ0v) is 18.0. The monoisotopic (exact) mass is 445 g/mol. The molecule has 0 saturated carbocycles. The molecular formula is C22H19N7O2S. The van der Waals surface area contributed by atoms with Crippen molar-refractivity contribution in [1.82, 2.24) is 29.3 Å². The number of aromatic nitrogens is 6. The Morgan fingerprint density at radius 3 is 2.94 bits per heavy atom. The van der Waals surface area contributed by atoms with Crippen LogP contribution in [0, 0.1) is 6.92 Å². The lowest BCUT2D eigenvalue weighted by Crippen LogP contribution is -2.14. The summed E-state index contributed by atoms with van der Waals surface area (Å²) in [5.74, 6) is 1.50. The standard InChI is InChI=1S/C22H19N7O2S/c1-15-11-16(27-31-15)14-32-22-18(5-4-8-23-22)21(30)25-19-7-10-29(26-19)13-17-12-28-9-3-2-6-20(28)24-17/h2-12H,13-14H2,1H3,(H,25,26,30). The van der Waals surface area contributed by atoms with Gasteiger partial charge >= 0.3 is 0 Å². The number of nitrogens with one attached hydrogen (secondary N) is 1. The second-order valence-electron chi connectivity index (χ2n) is 7.12. The number of amides is 1. The van der Waals surface area contributed by atoms with Crippen LogP contribution in [0.25, 0.3) is 5.65 Å². The summed E-state index contributed by atoms with van der Waals surface area (Å²) in [5.41, 5.74) is 3.04.